The van der Waals surface area contributed by atoms with Gasteiger partial charge in [-0.3, -0.25) is 9.59 Å². The third-order valence-electron chi connectivity index (χ3n) is 9.29. The van der Waals surface area contributed by atoms with E-state index in [2.05, 4.69) is 13.8 Å². The molecule has 1 N–H and O–H groups in total. The van der Waals surface area contributed by atoms with Gasteiger partial charge in [0.15, 0.2) is 0 Å². The number of Topliss-reactive ketones (excluding diaryl/α,β-unsaturated/α-hetero) is 1. The highest BCUT2D eigenvalue weighted by Crippen LogP contribution is 2.66. The van der Waals surface area contributed by atoms with Crippen molar-refractivity contribution in [1.82, 2.24) is 0 Å². The Morgan fingerprint density at radius 3 is 2.59 bits per heavy atom. The fourth-order valence-electron chi connectivity index (χ4n) is 7.91. The summed E-state index contributed by atoms with van der Waals surface area (Å²) in [6.07, 6.45) is 9.52. The van der Waals surface area contributed by atoms with Crippen molar-refractivity contribution in [3.63, 3.8) is 0 Å². The molecule has 27 heavy (non-hydrogen) atoms. The number of hydrogen-bond acceptors (Lipinski definition) is 4. The lowest BCUT2D eigenvalue weighted by molar-refractivity contribution is -0.160. The van der Waals surface area contributed by atoms with Crippen LogP contribution in [0, 0.1) is 40.4 Å². The number of esters is 1. The zero-order valence-electron chi connectivity index (χ0n) is 17.2. The Labute approximate surface area is 163 Å². The molecule has 0 radical (unpaired) electrons. The minimum absolute atomic E-state index is 0.0778. The van der Waals surface area contributed by atoms with Crippen LogP contribution in [0.1, 0.15) is 78.6 Å². The Morgan fingerprint density at radius 1 is 1.11 bits per heavy atom. The highest BCUT2D eigenvalue weighted by atomic mass is 16.5. The van der Waals surface area contributed by atoms with E-state index in [1.54, 1.807) is 0 Å². The highest BCUT2D eigenvalue weighted by molar-refractivity contribution is 5.89. The Bertz CT molecular complexity index is 615. The van der Waals surface area contributed by atoms with Crippen LogP contribution in [-0.4, -0.2) is 29.6 Å². The fourth-order valence-corrected chi connectivity index (χ4v) is 7.91. The summed E-state index contributed by atoms with van der Waals surface area (Å²) < 4.78 is 5.55. The molecule has 4 rings (SSSR count). The molecule has 0 heterocycles. The summed E-state index contributed by atoms with van der Waals surface area (Å²) in [7, 11) is 0. The molecular formula is C23H36O4. The summed E-state index contributed by atoms with van der Waals surface area (Å²) in [5.41, 5.74) is 0.179. The number of hydrogen-bond donors (Lipinski definition) is 1. The van der Waals surface area contributed by atoms with Crippen molar-refractivity contribution in [2.45, 2.75) is 84.7 Å². The van der Waals surface area contributed by atoms with Crippen LogP contribution in [0.15, 0.2) is 0 Å². The van der Waals surface area contributed by atoms with Crippen LogP contribution < -0.4 is 0 Å². The summed E-state index contributed by atoms with van der Waals surface area (Å²) in [6.45, 7) is 6.36. The van der Waals surface area contributed by atoms with Crippen LogP contribution in [0.25, 0.3) is 0 Å². The van der Waals surface area contributed by atoms with Crippen LogP contribution in [0.2, 0.25) is 0 Å². The van der Waals surface area contributed by atoms with E-state index in [4.69, 9.17) is 4.74 Å². The molecule has 152 valence electrons. The van der Waals surface area contributed by atoms with E-state index in [1.807, 2.05) is 0 Å². The number of ketones is 1. The van der Waals surface area contributed by atoms with Crippen molar-refractivity contribution >= 4 is 11.8 Å². The molecule has 4 saturated carbocycles. The van der Waals surface area contributed by atoms with Crippen molar-refractivity contribution in [2.24, 2.45) is 40.4 Å². The van der Waals surface area contributed by atoms with E-state index in [0.29, 0.717) is 41.3 Å². The maximum Gasteiger partial charge on any atom is 0.302 e. The minimum atomic E-state index is -0.154. The molecule has 0 aliphatic heterocycles. The molecule has 0 aromatic rings. The summed E-state index contributed by atoms with van der Waals surface area (Å²) in [6, 6.07) is 0. The van der Waals surface area contributed by atoms with Crippen LogP contribution >= 0.6 is 0 Å². The maximum atomic E-state index is 13.1. The lowest BCUT2D eigenvalue weighted by atomic mass is 9.45. The average Bonchev–Trinajstić information content (AvgIpc) is 2.87. The van der Waals surface area contributed by atoms with E-state index in [9.17, 15) is 14.7 Å². The summed E-state index contributed by atoms with van der Waals surface area (Å²) in [4.78, 5) is 24.5. The van der Waals surface area contributed by atoms with E-state index < -0.39 is 0 Å². The predicted octanol–water partition coefficient (Wildman–Crippen LogP) is 4.14. The van der Waals surface area contributed by atoms with E-state index >= 15 is 0 Å². The van der Waals surface area contributed by atoms with Crippen LogP contribution in [0.5, 0.6) is 0 Å². The SMILES string of the molecule is CC(=O)OC1CC[C@@]2(C)[C@@H](CC[C@@H]3[C@@H]2CC[C@]2(C)C(=O)[C@H](CCO)C[C@@H]32)C1. The van der Waals surface area contributed by atoms with E-state index in [1.165, 1.54) is 26.2 Å². The Morgan fingerprint density at radius 2 is 1.89 bits per heavy atom. The van der Waals surface area contributed by atoms with Gasteiger partial charge in [0.1, 0.15) is 11.9 Å². The van der Waals surface area contributed by atoms with Gasteiger partial charge in [0.25, 0.3) is 0 Å². The monoisotopic (exact) mass is 376 g/mol. The summed E-state index contributed by atoms with van der Waals surface area (Å²) in [5.74, 6) is 2.87. The quantitative estimate of drug-likeness (QED) is 0.752. The second-order valence-corrected chi connectivity index (χ2v) is 10.4. The predicted molar refractivity (Wildman–Crippen MR) is 103 cm³/mol. The van der Waals surface area contributed by atoms with Crippen LogP contribution in [0.3, 0.4) is 0 Å². The number of aliphatic hydroxyl groups is 1. The lowest BCUT2D eigenvalue weighted by Crippen LogP contribution is -2.54. The molecule has 0 spiro atoms. The third kappa shape index (κ3) is 2.97. The second kappa shape index (κ2) is 6.86. The average molecular weight is 377 g/mol. The topological polar surface area (TPSA) is 63.6 Å². The van der Waals surface area contributed by atoms with E-state index in [-0.39, 0.29) is 30.0 Å². The molecule has 0 aromatic heterocycles. The summed E-state index contributed by atoms with van der Waals surface area (Å²) >= 11 is 0. The molecule has 4 heteroatoms. The first kappa shape index (κ1) is 19.4. The second-order valence-electron chi connectivity index (χ2n) is 10.4. The maximum absolute atomic E-state index is 13.1. The zero-order chi connectivity index (χ0) is 19.4. The highest BCUT2D eigenvalue weighted by Gasteiger charge is 2.62. The molecule has 4 fully saturated rings. The van der Waals surface area contributed by atoms with Gasteiger partial charge >= 0.3 is 5.97 Å². The van der Waals surface area contributed by atoms with Crippen molar-refractivity contribution < 1.29 is 19.4 Å². The standard InChI is InChI=1S/C23H36O4/c1-14(25)27-17-6-9-22(2)16(13-17)4-5-18-19(22)7-10-23(3)20(18)12-15(8-11-24)21(23)26/h15-20,24H,4-13H2,1-3H3/t15-,16+,17?,18-,19+,20+,22+,23+/m1/s1. The van der Waals surface area contributed by atoms with Gasteiger partial charge in [0, 0.05) is 24.9 Å². The molecule has 0 bridgehead atoms. The third-order valence-corrected chi connectivity index (χ3v) is 9.29. The van der Waals surface area contributed by atoms with Crippen molar-refractivity contribution in [1.29, 1.82) is 0 Å². The van der Waals surface area contributed by atoms with Gasteiger partial charge in [0.2, 0.25) is 0 Å². The van der Waals surface area contributed by atoms with Gasteiger partial charge in [-0.2, -0.15) is 0 Å². The molecule has 4 nitrogen and oxygen atoms in total. The van der Waals surface area contributed by atoms with Crippen molar-refractivity contribution in [2.75, 3.05) is 6.61 Å². The smallest absolute Gasteiger partial charge is 0.302 e. The summed E-state index contributed by atoms with van der Waals surface area (Å²) in [5, 5.41) is 9.39. The van der Waals surface area contributed by atoms with Gasteiger partial charge in [-0.1, -0.05) is 13.8 Å². The van der Waals surface area contributed by atoms with Crippen molar-refractivity contribution in [3.05, 3.63) is 0 Å². The van der Waals surface area contributed by atoms with Gasteiger partial charge in [-0.05, 0) is 86.9 Å². The Kier molecular flexibility index (Phi) is 4.93. The lowest BCUT2D eigenvalue weighted by Gasteiger charge is -2.60. The largest absolute Gasteiger partial charge is 0.463 e. The first-order valence-corrected chi connectivity index (χ1v) is 11.1. The van der Waals surface area contributed by atoms with Gasteiger partial charge in [-0.25, -0.2) is 0 Å². The minimum Gasteiger partial charge on any atom is -0.463 e. The van der Waals surface area contributed by atoms with Crippen LogP contribution in [0.4, 0.5) is 0 Å². The van der Waals surface area contributed by atoms with Gasteiger partial charge in [0.05, 0.1) is 0 Å². The van der Waals surface area contributed by atoms with Crippen LogP contribution in [-0.2, 0) is 14.3 Å². The molecule has 4 aliphatic carbocycles. The molecule has 0 amide bonds. The first-order chi connectivity index (χ1) is 12.8. The molecule has 0 saturated heterocycles. The molecule has 1 unspecified atom stereocenters. The first-order valence-electron chi connectivity index (χ1n) is 11.1. The normalized spacial score (nSPS) is 49.1. The molecule has 4 aliphatic rings. The number of ether oxygens (including phenoxy) is 1. The Balaban J connectivity index is 1.53. The van der Waals surface area contributed by atoms with Gasteiger partial charge in [-0.15, -0.1) is 0 Å². The number of carbonyl (C=O) groups is 2. The number of aliphatic hydroxyl groups excluding tert-OH is 1. The Hall–Kier alpha value is -0.900. The number of carbonyl (C=O) groups excluding carboxylic acids is 2. The molecule has 0 aromatic carbocycles. The fraction of sp³-hybridized carbons (Fsp3) is 0.913. The van der Waals surface area contributed by atoms with Gasteiger partial charge < -0.3 is 9.84 Å². The van der Waals surface area contributed by atoms with Crippen molar-refractivity contribution in [3.8, 4) is 0 Å². The number of rotatable bonds is 3. The van der Waals surface area contributed by atoms with E-state index in [0.717, 1.165) is 32.1 Å². The molecular weight excluding hydrogens is 340 g/mol. The molecule has 8 atom stereocenters. The zero-order valence-corrected chi connectivity index (χ0v) is 17.2. The number of fused-ring (bicyclic) bond motifs is 5.